The molecule has 90 valence electrons. The summed E-state index contributed by atoms with van der Waals surface area (Å²) in [5, 5.41) is 7.48. The summed E-state index contributed by atoms with van der Waals surface area (Å²) in [6, 6.07) is 7.14. The Labute approximate surface area is 113 Å². The van der Waals surface area contributed by atoms with Crippen LogP contribution in [0, 0.1) is 5.82 Å². The van der Waals surface area contributed by atoms with Crippen LogP contribution in [0.5, 0.6) is 0 Å². The highest BCUT2D eigenvalue weighted by atomic mass is 79.9. The van der Waals surface area contributed by atoms with Gasteiger partial charge in [-0.3, -0.25) is 0 Å². The van der Waals surface area contributed by atoms with E-state index < -0.39 is 0 Å². The maximum absolute atomic E-state index is 13.0. The van der Waals surface area contributed by atoms with Gasteiger partial charge in [0.2, 0.25) is 0 Å². The number of hydrogen-bond acceptors (Lipinski definition) is 2. The zero-order valence-electron chi connectivity index (χ0n) is 9.41. The summed E-state index contributed by atoms with van der Waals surface area (Å²) in [4.78, 5) is 0. The first-order chi connectivity index (χ1) is 8.20. The first-order valence-corrected chi connectivity index (χ1v) is 7.07. The van der Waals surface area contributed by atoms with Crippen LogP contribution in [0.1, 0.15) is 17.2 Å². The van der Waals surface area contributed by atoms with Crippen molar-refractivity contribution in [2.24, 2.45) is 0 Å². The topological polar surface area (TPSA) is 12.0 Å². The van der Waals surface area contributed by atoms with Crippen molar-refractivity contribution in [2.45, 2.75) is 12.5 Å². The standard InChI is InChI=1S/C13H13BrFNS/c1-16-13(6-9-4-5-17-8-9)11-3-2-10(15)7-12(11)14/h2-5,7-8,13,16H,6H2,1H3. The number of benzene rings is 1. The quantitative estimate of drug-likeness (QED) is 0.894. The molecule has 1 unspecified atom stereocenters. The van der Waals surface area contributed by atoms with Gasteiger partial charge in [-0.15, -0.1) is 0 Å². The van der Waals surface area contributed by atoms with Crippen LogP contribution in [0.25, 0.3) is 0 Å². The molecule has 2 rings (SSSR count). The molecule has 0 fully saturated rings. The summed E-state index contributed by atoms with van der Waals surface area (Å²) < 4.78 is 13.9. The summed E-state index contributed by atoms with van der Waals surface area (Å²) in [6.07, 6.45) is 0.907. The summed E-state index contributed by atoms with van der Waals surface area (Å²) in [7, 11) is 1.92. The molecule has 1 aromatic heterocycles. The largest absolute Gasteiger partial charge is 0.313 e. The molecule has 0 saturated carbocycles. The lowest BCUT2D eigenvalue weighted by molar-refractivity contribution is 0.583. The number of hydrogen-bond donors (Lipinski definition) is 1. The molecule has 0 aliphatic rings. The third-order valence-corrected chi connectivity index (χ3v) is 4.13. The van der Waals surface area contributed by atoms with Gasteiger partial charge in [-0.1, -0.05) is 22.0 Å². The SMILES string of the molecule is CNC(Cc1ccsc1)c1ccc(F)cc1Br. The molecular formula is C13H13BrFNS. The van der Waals surface area contributed by atoms with Gasteiger partial charge in [0.05, 0.1) is 0 Å². The maximum atomic E-state index is 13.0. The molecular weight excluding hydrogens is 301 g/mol. The van der Waals surface area contributed by atoms with Crippen LogP contribution in [-0.2, 0) is 6.42 Å². The van der Waals surface area contributed by atoms with Crippen molar-refractivity contribution in [3.63, 3.8) is 0 Å². The van der Waals surface area contributed by atoms with Crippen LogP contribution in [0.3, 0.4) is 0 Å². The Kier molecular flexibility index (Phi) is 4.31. The summed E-state index contributed by atoms with van der Waals surface area (Å²) >= 11 is 5.11. The molecule has 1 N–H and O–H groups in total. The molecule has 0 saturated heterocycles. The second-order valence-electron chi connectivity index (χ2n) is 3.84. The zero-order valence-corrected chi connectivity index (χ0v) is 11.8. The van der Waals surface area contributed by atoms with E-state index in [0.29, 0.717) is 0 Å². The lowest BCUT2D eigenvalue weighted by Crippen LogP contribution is -2.19. The minimum absolute atomic E-state index is 0.194. The van der Waals surface area contributed by atoms with Gasteiger partial charge < -0.3 is 5.32 Å². The van der Waals surface area contributed by atoms with Crippen molar-refractivity contribution in [2.75, 3.05) is 7.05 Å². The first kappa shape index (κ1) is 12.7. The van der Waals surface area contributed by atoms with E-state index in [1.54, 1.807) is 11.3 Å². The van der Waals surface area contributed by atoms with E-state index in [9.17, 15) is 4.39 Å². The van der Waals surface area contributed by atoms with Crippen LogP contribution < -0.4 is 5.32 Å². The van der Waals surface area contributed by atoms with E-state index in [4.69, 9.17) is 0 Å². The summed E-state index contributed by atoms with van der Waals surface area (Å²) in [6.45, 7) is 0. The van der Waals surface area contributed by atoms with Gasteiger partial charge in [0.1, 0.15) is 5.82 Å². The van der Waals surface area contributed by atoms with Crippen molar-refractivity contribution in [1.82, 2.24) is 5.32 Å². The van der Waals surface area contributed by atoms with Gasteiger partial charge in [0, 0.05) is 10.5 Å². The maximum Gasteiger partial charge on any atom is 0.124 e. The predicted molar refractivity (Wildman–Crippen MR) is 73.9 cm³/mol. The molecule has 0 spiro atoms. The average molecular weight is 314 g/mol. The number of rotatable bonds is 4. The minimum atomic E-state index is -0.217. The molecule has 4 heteroatoms. The highest BCUT2D eigenvalue weighted by Crippen LogP contribution is 2.27. The zero-order chi connectivity index (χ0) is 12.3. The molecule has 1 atom stereocenters. The van der Waals surface area contributed by atoms with Gasteiger partial charge in [0.15, 0.2) is 0 Å². The van der Waals surface area contributed by atoms with Crippen LogP contribution in [-0.4, -0.2) is 7.05 Å². The van der Waals surface area contributed by atoms with Gasteiger partial charge in [-0.25, -0.2) is 4.39 Å². The molecule has 0 aliphatic heterocycles. The van der Waals surface area contributed by atoms with Crippen molar-refractivity contribution in [3.05, 3.63) is 56.4 Å². The third-order valence-electron chi connectivity index (χ3n) is 2.71. The van der Waals surface area contributed by atoms with Crippen LogP contribution in [0.4, 0.5) is 4.39 Å². The predicted octanol–water partition coefficient (Wildman–Crippen LogP) is 4.15. The molecule has 0 aliphatic carbocycles. The Morgan fingerprint density at radius 1 is 1.41 bits per heavy atom. The number of likely N-dealkylation sites (N-methyl/N-ethyl adjacent to an activating group) is 1. The average Bonchev–Trinajstić information content (AvgIpc) is 2.79. The fourth-order valence-electron chi connectivity index (χ4n) is 1.80. The van der Waals surface area contributed by atoms with E-state index in [2.05, 4.69) is 38.1 Å². The number of thiophene rings is 1. The van der Waals surface area contributed by atoms with Crippen LogP contribution in [0.2, 0.25) is 0 Å². The van der Waals surface area contributed by atoms with Gasteiger partial charge in [0.25, 0.3) is 0 Å². The van der Waals surface area contributed by atoms with Crippen LogP contribution in [0.15, 0.2) is 39.5 Å². The lowest BCUT2D eigenvalue weighted by Gasteiger charge is -2.17. The van der Waals surface area contributed by atoms with Crippen LogP contribution >= 0.6 is 27.3 Å². The van der Waals surface area contributed by atoms with Crippen molar-refractivity contribution in [3.8, 4) is 0 Å². The van der Waals surface area contributed by atoms with Gasteiger partial charge >= 0.3 is 0 Å². The van der Waals surface area contributed by atoms with E-state index >= 15 is 0 Å². The lowest BCUT2D eigenvalue weighted by atomic mass is 10.0. The summed E-state index contributed by atoms with van der Waals surface area (Å²) in [5.41, 5.74) is 2.38. The normalized spacial score (nSPS) is 12.6. The first-order valence-electron chi connectivity index (χ1n) is 5.34. The van der Waals surface area contributed by atoms with Crippen molar-refractivity contribution < 1.29 is 4.39 Å². The van der Waals surface area contributed by atoms with Crippen molar-refractivity contribution in [1.29, 1.82) is 0 Å². The van der Waals surface area contributed by atoms with Gasteiger partial charge in [-0.2, -0.15) is 11.3 Å². The Bertz CT molecular complexity index is 484. The highest BCUT2D eigenvalue weighted by Gasteiger charge is 2.13. The summed E-state index contributed by atoms with van der Waals surface area (Å²) in [5.74, 6) is -0.217. The molecule has 0 amide bonds. The van der Waals surface area contributed by atoms with E-state index in [1.165, 1.54) is 17.7 Å². The second-order valence-corrected chi connectivity index (χ2v) is 5.48. The van der Waals surface area contributed by atoms with E-state index in [-0.39, 0.29) is 11.9 Å². The molecule has 1 aromatic carbocycles. The molecule has 2 aromatic rings. The molecule has 17 heavy (non-hydrogen) atoms. The van der Waals surface area contributed by atoms with E-state index in [1.807, 2.05) is 13.1 Å². The Balaban J connectivity index is 2.23. The monoisotopic (exact) mass is 313 g/mol. The smallest absolute Gasteiger partial charge is 0.124 e. The fraction of sp³-hybridized carbons (Fsp3) is 0.231. The number of halogens is 2. The molecule has 0 bridgehead atoms. The van der Waals surface area contributed by atoms with Gasteiger partial charge in [-0.05, 0) is 53.6 Å². The fourth-order valence-corrected chi connectivity index (χ4v) is 3.10. The Morgan fingerprint density at radius 3 is 2.82 bits per heavy atom. The third kappa shape index (κ3) is 3.15. The molecule has 1 heterocycles. The Hall–Kier alpha value is -0.710. The Morgan fingerprint density at radius 2 is 2.24 bits per heavy atom. The van der Waals surface area contributed by atoms with Crippen molar-refractivity contribution >= 4 is 27.3 Å². The molecule has 0 radical (unpaired) electrons. The van der Waals surface area contributed by atoms with E-state index in [0.717, 1.165) is 16.5 Å². The molecule has 1 nitrogen and oxygen atoms in total. The highest BCUT2D eigenvalue weighted by molar-refractivity contribution is 9.10. The number of nitrogens with one attached hydrogen (secondary N) is 1. The second kappa shape index (κ2) is 5.76. The minimum Gasteiger partial charge on any atom is -0.313 e.